The second-order valence-corrected chi connectivity index (χ2v) is 11.6. The monoisotopic (exact) mass is 551 g/mol. The number of fused-ring (bicyclic) bond motifs is 4. The molecule has 8 heteroatoms. The molecule has 1 saturated heterocycles. The lowest BCUT2D eigenvalue weighted by Crippen LogP contribution is -2.49. The van der Waals surface area contributed by atoms with Crippen molar-refractivity contribution in [1.29, 1.82) is 0 Å². The number of carbonyl (C=O) groups excluding carboxylic acids is 1. The number of ether oxygens (including phenoxy) is 4. The lowest BCUT2D eigenvalue weighted by molar-refractivity contribution is 0.0336. The molecule has 3 aliphatic heterocycles. The topological polar surface area (TPSA) is 63.7 Å². The van der Waals surface area contributed by atoms with Gasteiger partial charge < -0.3 is 28.7 Å². The molecule has 0 aliphatic carbocycles. The summed E-state index contributed by atoms with van der Waals surface area (Å²) < 4.78 is 22.7. The minimum atomic E-state index is -0.0162. The van der Waals surface area contributed by atoms with Gasteiger partial charge in [0.2, 0.25) is 0 Å². The third-order valence-corrected chi connectivity index (χ3v) is 9.46. The van der Waals surface area contributed by atoms with Crippen LogP contribution in [0.5, 0.6) is 23.0 Å². The van der Waals surface area contributed by atoms with Gasteiger partial charge in [-0.1, -0.05) is 13.3 Å². The van der Waals surface area contributed by atoms with Gasteiger partial charge in [0.25, 0.3) is 0 Å². The van der Waals surface area contributed by atoms with Crippen molar-refractivity contribution in [2.24, 2.45) is 11.8 Å². The van der Waals surface area contributed by atoms with Gasteiger partial charge in [0.05, 0.1) is 34.5 Å². The molecule has 8 nitrogen and oxygen atoms in total. The highest BCUT2D eigenvalue weighted by Crippen LogP contribution is 2.49. The molecule has 1 fully saturated rings. The third-order valence-electron chi connectivity index (χ3n) is 9.46. The smallest absolute Gasteiger partial charge is 0.320 e. The second kappa shape index (κ2) is 11.8. The molecule has 5 rings (SSSR count). The van der Waals surface area contributed by atoms with Gasteiger partial charge >= 0.3 is 6.03 Å². The van der Waals surface area contributed by atoms with Crippen LogP contribution in [0, 0.1) is 11.8 Å². The summed E-state index contributed by atoms with van der Waals surface area (Å²) in [5.41, 5.74) is 5.15. The zero-order valence-electron chi connectivity index (χ0n) is 25.2. The molecule has 0 bridgehead atoms. The first-order valence-electron chi connectivity index (χ1n) is 14.5. The number of hydrogen-bond donors (Lipinski definition) is 0. The van der Waals surface area contributed by atoms with Crippen LogP contribution in [0.2, 0.25) is 0 Å². The van der Waals surface area contributed by atoms with E-state index in [4.69, 9.17) is 18.9 Å². The van der Waals surface area contributed by atoms with E-state index < -0.39 is 0 Å². The van der Waals surface area contributed by atoms with Crippen molar-refractivity contribution in [1.82, 2.24) is 14.7 Å². The Kier molecular flexibility index (Phi) is 8.36. The van der Waals surface area contributed by atoms with Crippen LogP contribution in [-0.2, 0) is 12.8 Å². The number of amides is 2. The second-order valence-electron chi connectivity index (χ2n) is 11.6. The average Bonchev–Trinajstić information content (AvgIpc) is 2.98. The standard InChI is InChI=1S/C32H45N3O5/c1-8-20-19-34-11-9-21-15-28(37-4)30(39-6)17-24(21)26(34)13-23(20)14-27-25-18-31(40-7)29(38-5)16-22(25)10-12-35(27)32(36)33(2)3/h15-18,20,23,26-27H,8-14,19H2,1-7H3/t20-,23-,26-,27+/m0/s1. The van der Waals surface area contributed by atoms with Crippen LogP contribution in [0.25, 0.3) is 0 Å². The average molecular weight is 552 g/mol. The maximum Gasteiger partial charge on any atom is 0.320 e. The van der Waals surface area contributed by atoms with Crippen LogP contribution in [0.3, 0.4) is 0 Å². The van der Waals surface area contributed by atoms with E-state index in [9.17, 15) is 4.79 Å². The van der Waals surface area contributed by atoms with Crippen molar-refractivity contribution in [2.75, 3.05) is 62.2 Å². The maximum absolute atomic E-state index is 13.5. The molecular formula is C32H45N3O5. The highest BCUT2D eigenvalue weighted by molar-refractivity contribution is 5.75. The van der Waals surface area contributed by atoms with Crippen LogP contribution in [0.4, 0.5) is 4.79 Å². The first-order chi connectivity index (χ1) is 19.3. The van der Waals surface area contributed by atoms with Gasteiger partial charge in [-0.25, -0.2) is 4.79 Å². The molecule has 0 radical (unpaired) electrons. The third kappa shape index (κ3) is 5.06. The van der Waals surface area contributed by atoms with E-state index in [1.165, 1.54) is 22.3 Å². The summed E-state index contributed by atoms with van der Waals surface area (Å²) in [7, 11) is 10.5. The van der Waals surface area contributed by atoms with Crippen molar-refractivity contribution in [3.63, 3.8) is 0 Å². The van der Waals surface area contributed by atoms with Gasteiger partial charge in [-0.2, -0.15) is 0 Å². The van der Waals surface area contributed by atoms with Crippen molar-refractivity contribution in [3.05, 3.63) is 46.5 Å². The molecule has 3 aliphatic rings. The van der Waals surface area contributed by atoms with Crippen molar-refractivity contribution < 1.29 is 23.7 Å². The highest BCUT2D eigenvalue weighted by atomic mass is 16.5. The van der Waals surface area contributed by atoms with E-state index >= 15 is 0 Å². The van der Waals surface area contributed by atoms with E-state index in [0.717, 1.165) is 68.2 Å². The van der Waals surface area contributed by atoms with Crippen molar-refractivity contribution >= 4 is 6.03 Å². The normalized spacial score (nSPS) is 23.9. The van der Waals surface area contributed by atoms with Crippen LogP contribution < -0.4 is 18.9 Å². The van der Waals surface area contributed by atoms with Gasteiger partial charge in [0.1, 0.15) is 0 Å². The molecule has 3 heterocycles. The first kappa shape index (κ1) is 28.4. The number of urea groups is 1. The van der Waals surface area contributed by atoms with E-state index in [1.54, 1.807) is 33.3 Å². The van der Waals surface area contributed by atoms with E-state index in [1.807, 2.05) is 14.1 Å². The van der Waals surface area contributed by atoms with Crippen molar-refractivity contribution in [3.8, 4) is 23.0 Å². The fourth-order valence-corrected chi connectivity index (χ4v) is 7.31. The number of nitrogens with zero attached hydrogens (tertiary/aromatic N) is 3. The minimum Gasteiger partial charge on any atom is -0.493 e. The summed E-state index contributed by atoms with van der Waals surface area (Å²) in [4.78, 5) is 19.9. The minimum absolute atomic E-state index is 0.0162. The predicted octanol–water partition coefficient (Wildman–Crippen LogP) is 5.34. The number of piperidine rings is 1. The van der Waals surface area contributed by atoms with Crippen molar-refractivity contribution in [2.45, 2.75) is 51.1 Å². The summed E-state index contributed by atoms with van der Waals surface area (Å²) >= 11 is 0. The van der Waals surface area contributed by atoms with Crippen LogP contribution in [-0.4, -0.2) is 82.9 Å². The number of carbonyl (C=O) groups is 1. The Morgan fingerprint density at radius 1 is 0.825 bits per heavy atom. The number of benzene rings is 2. The summed E-state index contributed by atoms with van der Waals surface area (Å²) in [6.45, 7) is 5.15. The molecule has 2 aromatic rings. The quantitative estimate of drug-likeness (QED) is 0.463. The van der Waals surface area contributed by atoms with Gasteiger partial charge in [0, 0.05) is 39.8 Å². The molecule has 40 heavy (non-hydrogen) atoms. The highest BCUT2D eigenvalue weighted by Gasteiger charge is 2.42. The first-order valence-corrected chi connectivity index (χ1v) is 14.5. The predicted molar refractivity (Wildman–Crippen MR) is 156 cm³/mol. The van der Waals surface area contributed by atoms with E-state index in [0.29, 0.717) is 24.4 Å². The van der Waals surface area contributed by atoms with E-state index in [2.05, 4.69) is 41.0 Å². The summed E-state index contributed by atoms with van der Waals surface area (Å²) in [5, 5.41) is 0. The molecular weight excluding hydrogens is 506 g/mol. The molecule has 0 spiro atoms. The molecule has 2 aromatic carbocycles. The Hall–Kier alpha value is -3.13. The lowest BCUT2D eigenvalue weighted by atomic mass is 9.72. The molecule has 4 atom stereocenters. The number of rotatable bonds is 7. The molecule has 0 aromatic heterocycles. The Bertz CT molecular complexity index is 1230. The summed E-state index contributed by atoms with van der Waals surface area (Å²) in [6, 6.07) is 8.97. The van der Waals surface area contributed by atoms with Gasteiger partial charge in [0.15, 0.2) is 23.0 Å². The zero-order chi connectivity index (χ0) is 28.6. The largest absolute Gasteiger partial charge is 0.493 e. The van der Waals surface area contributed by atoms with Crippen LogP contribution in [0.15, 0.2) is 24.3 Å². The summed E-state index contributed by atoms with van der Waals surface area (Å²) in [6.07, 6.45) is 4.94. The fourth-order valence-electron chi connectivity index (χ4n) is 7.31. The Morgan fingerprint density at radius 2 is 1.38 bits per heavy atom. The molecule has 2 amide bonds. The maximum atomic E-state index is 13.5. The van der Waals surface area contributed by atoms with E-state index in [-0.39, 0.29) is 12.1 Å². The zero-order valence-corrected chi connectivity index (χ0v) is 25.2. The van der Waals surface area contributed by atoms with Crippen LogP contribution >= 0.6 is 0 Å². The Balaban J connectivity index is 1.51. The lowest BCUT2D eigenvalue weighted by Gasteiger charge is -2.49. The molecule has 0 N–H and O–H groups in total. The molecule has 218 valence electrons. The summed E-state index contributed by atoms with van der Waals surface area (Å²) in [5.74, 6) is 4.09. The number of methoxy groups -OCH3 is 4. The molecule has 0 unspecified atom stereocenters. The fraction of sp³-hybridized carbons (Fsp3) is 0.594. The Labute approximate surface area is 239 Å². The Morgan fingerprint density at radius 3 is 1.95 bits per heavy atom. The number of hydrogen-bond acceptors (Lipinski definition) is 6. The van der Waals surface area contributed by atoms with Gasteiger partial charge in [-0.05, 0) is 84.0 Å². The van der Waals surface area contributed by atoms with Crippen LogP contribution in [0.1, 0.15) is 60.5 Å². The van der Waals surface area contributed by atoms with Gasteiger partial charge in [-0.15, -0.1) is 0 Å². The molecule has 0 saturated carbocycles. The SMILES string of the molecule is CC[C@H]1CN2CCc3cc(OC)c(OC)cc3[C@@H]2C[C@H]1C[C@@H]1c2cc(OC)c(OC)cc2CCN1C(=O)N(C)C. The van der Waals surface area contributed by atoms with Gasteiger partial charge in [-0.3, -0.25) is 4.90 Å².